The van der Waals surface area contributed by atoms with E-state index in [1.807, 2.05) is 18.2 Å². The van der Waals surface area contributed by atoms with Crippen molar-refractivity contribution in [1.82, 2.24) is 20.3 Å². The van der Waals surface area contributed by atoms with Crippen molar-refractivity contribution in [2.45, 2.75) is 30.4 Å². The molecule has 1 saturated heterocycles. The zero-order valence-corrected chi connectivity index (χ0v) is 16.1. The number of aliphatic hydroxyl groups excluding tert-OH is 1. The van der Waals surface area contributed by atoms with Crippen LogP contribution < -0.4 is 5.32 Å². The van der Waals surface area contributed by atoms with Crippen LogP contribution in [0, 0.1) is 5.82 Å². The number of nitrogens with zero attached hydrogens (tertiary/aromatic N) is 3. The molecule has 146 valence electrons. The molecule has 1 aromatic heterocycles. The molecule has 0 bridgehead atoms. The first-order valence-electron chi connectivity index (χ1n) is 9.35. The molecule has 2 aromatic carbocycles. The summed E-state index contributed by atoms with van der Waals surface area (Å²) in [5.41, 5.74) is 3.34. The Kier molecular flexibility index (Phi) is 4.95. The minimum atomic E-state index is -0.570. The average molecular weight is 401 g/mol. The molecule has 7 heteroatoms. The minimum absolute atomic E-state index is 0. The SMILES string of the molecule is Cl.O[C@H]1[C@H](n2cc(-c3cccc(F)c3)nn2)c2ccccc2C12CCNCC2. The molecule has 0 unspecified atom stereocenters. The molecule has 2 aliphatic rings. The predicted octanol–water partition coefficient (Wildman–Crippen LogP) is 3.09. The van der Waals surface area contributed by atoms with E-state index in [2.05, 4.69) is 27.8 Å². The number of nitrogens with one attached hydrogen (secondary N) is 1. The number of piperidine rings is 1. The molecule has 0 saturated carbocycles. The van der Waals surface area contributed by atoms with Crippen molar-refractivity contribution in [1.29, 1.82) is 0 Å². The van der Waals surface area contributed by atoms with E-state index in [4.69, 9.17) is 0 Å². The van der Waals surface area contributed by atoms with Crippen LogP contribution in [0.25, 0.3) is 11.3 Å². The van der Waals surface area contributed by atoms with Crippen molar-refractivity contribution < 1.29 is 9.50 Å². The number of benzene rings is 2. The van der Waals surface area contributed by atoms with Crippen LogP contribution >= 0.6 is 12.4 Å². The summed E-state index contributed by atoms with van der Waals surface area (Å²) in [5.74, 6) is -0.304. The molecule has 1 aliphatic heterocycles. The van der Waals surface area contributed by atoms with Gasteiger partial charge in [-0.3, -0.25) is 0 Å². The van der Waals surface area contributed by atoms with Crippen molar-refractivity contribution in [2.24, 2.45) is 0 Å². The third-order valence-corrected chi connectivity index (χ3v) is 6.09. The summed E-state index contributed by atoms with van der Waals surface area (Å²) in [7, 11) is 0. The average Bonchev–Trinajstić information content (AvgIpc) is 3.26. The zero-order valence-electron chi connectivity index (χ0n) is 15.3. The number of halogens is 2. The maximum absolute atomic E-state index is 13.6. The molecule has 5 nitrogen and oxygen atoms in total. The van der Waals surface area contributed by atoms with Crippen molar-refractivity contribution in [3.05, 3.63) is 71.7 Å². The van der Waals surface area contributed by atoms with Gasteiger partial charge in [0.1, 0.15) is 17.6 Å². The minimum Gasteiger partial charge on any atom is -0.390 e. The summed E-state index contributed by atoms with van der Waals surface area (Å²) < 4.78 is 15.3. The van der Waals surface area contributed by atoms with Crippen LogP contribution in [0.3, 0.4) is 0 Å². The lowest BCUT2D eigenvalue weighted by Crippen LogP contribution is -2.47. The smallest absolute Gasteiger partial charge is 0.123 e. The number of aliphatic hydroxyl groups is 1. The number of fused-ring (bicyclic) bond motifs is 2. The quantitative estimate of drug-likeness (QED) is 0.694. The standard InChI is InChI=1S/C21H21FN4O.ClH/c22-15-5-3-4-14(12-15)18-13-26(25-24-18)19-16-6-1-2-7-17(16)21(20(19)27)8-10-23-11-9-21;/h1-7,12-13,19-20,23,27H,8-11H2;1H/t19-,20+;/m1./s1. The first kappa shape index (κ1) is 19.1. The van der Waals surface area contributed by atoms with E-state index in [9.17, 15) is 9.50 Å². The molecular formula is C21H22ClFN4O. The molecular weight excluding hydrogens is 379 g/mol. The Bertz CT molecular complexity index is 986. The summed E-state index contributed by atoms with van der Waals surface area (Å²) in [4.78, 5) is 0. The van der Waals surface area contributed by atoms with Gasteiger partial charge in [-0.05, 0) is 49.2 Å². The van der Waals surface area contributed by atoms with Gasteiger partial charge in [0.2, 0.25) is 0 Å². The lowest BCUT2D eigenvalue weighted by molar-refractivity contribution is 0.0421. The molecule has 2 atom stereocenters. The highest BCUT2D eigenvalue weighted by Crippen LogP contribution is 2.51. The molecule has 1 aliphatic carbocycles. The fraction of sp³-hybridized carbons (Fsp3) is 0.333. The van der Waals surface area contributed by atoms with Crippen molar-refractivity contribution in [2.75, 3.05) is 13.1 Å². The highest BCUT2D eigenvalue weighted by atomic mass is 35.5. The Labute approximate surface area is 169 Å². The Balaban J connectivity index is 0.00000192. The topological polar surface area (TPSA) is 63.0 Å². The lowest BCUT2D eigenvalue weighted by Gasteiger charge is -2.38. The van der Waals surface area contributed by atoms with Crippen LogP contribution in [0.2, 0.25) is 0 Å². The van der Waals surface area contributed by atoms with Crippen LogP contribution in [-0.4, -0.2) is 39.3 Å². The molecule has 3 aromatic rings. The molecule has 0 radical (unpaired) electrons. The maximum Gasteiger partial charge on any atom is 0.123 e. The van der Waals surface area contributed by atoms with Gasteiger partial charge in [0.25, 0.3) is 0 Å². The van der Waals surface area contributed by atoms with Gasteiger partial charge < -0.3 is 10.4 Å². The van der Waals surface area contributed by atoms with Crippen molar-refractivity contribution in [3.63, 3.8) is 0 Å². The number of hydrogen-bond acceptors (Lipinski definition) is 4. The predicted molar refractivity (Wildman–Crippen MR) is 107 cm³/mol. The Morgan fingerprint density at radius 3 is 2.68 bits per heavy atom. The van der Waals surface area contributed by atoms with Crippen molar-refractivity contribution >= 4 is 12.4 Å². The Morgan fingerprint density at radius 1 is 1.11 bits per heavy atom. The Hall–Kier alpha value is -2.28. The van der Waals surface area contributed by atoms with Gasteiger partial charge in [-0.25, -0.2) is 9.07 Å². The first-order chi connectivity index (χ1) is 13.2. The van der Waals surface area contributed by atoms with Gasteiger partial charge in [-0.1, -0.05) is 41.6 Å². The fourth-order valence-electron chi connectivity index (χ4n) is 4.76. The third kappa shape index (κ3) is 2.83. The van der Waals surface area contributed by atoms with E-state index >= 15 is 0 Å². The van der Waals surface area contributed by atoms with Crippen LogP contribution in [0.4, 0.5) is 4.39 Å². The van der Waals surface area contributed by atoms with E-state index in [0.717, 1.165) is 31.5 Å². The third-order valence-electron chi connectivity index (χ3n) is 6.09. The second kappa shape index (κ2) is 7.28. The largest absolute Gasteiger partial charge is 0.390 e. The van der Waals surface area contributed by atoms with Gasteiger partial charge in [0.05, 0.1) is 12.3 Å². The van der Waals surface area contributed by atoms with Gasteiger partial charge in [-0.15, -0.1) is 17.5 Å². The summed E-state index contributed by atoms with van der Waals surface area (Å²) in [5, 5.41) is 23.3. The van der Waals surface area contributed by atoms with E-state index in [1.165, 1.54) is 17.7 Å². The zero-order chi connectivity index (χ0) is 18.4. The Morgan fingerprint density at radius 2 is 1.89 bits per heavy atom. The van der Waals surface area contributed by atoms with E-state index in [1.54, 1.807) is 16.9 Å². The monoisotopic (exact) mass is 400 g/mol. The highest BCUT2D eigenvalue weighted by Gasteiger charge is 2.52. The first-order valence-corrected chi connectivity index (χ1v) is 9.35. The molecule has 1 fully saturated rings. The molecule has 28 heavy (non-hydrogen) atoms. The number of hydrogen-bond donors (Lipinski definition) is 2. The van der Waals surface area contributed by atoms with Crippen LogP contribution in [0.1, 0.15) is 30.0 Å². The number of rotatable bonds is 2. The molecule has 2 heterocycles. The van der Waals surface area contributed by atoms with Crippen LogP contribution in [-0.2, 0) is 5.41 Å². The molecule has 2 N–H and O–H groups in total. The lowest BCUT2D eigenvalue weighted by atomic mass is 9.72. The second-order valence-corrected chi connectivity index (χ2v) is 7.48. The van der Waals surface area contributed by atoms with Gasteiger partial charge in [-0.2, -0.15) is 0 Å². The summed E-state index contributed by atoms with van der Waals surface area (Å²) in [6, 6.07) is 14.3. The highest BCUT2D eigenvalue weighted by molar-refractivity contribution is 5.85. The number of aromatic nitrogens is 3. The second-order valence-electron chi connectivity index (χ2n) is 7.48. The van der Waals surface area contributed by atoms with Gasteiger partial charge in [0.15, 0.2) is 0 Å². The van der Waals surface area contributed by atoms with E-state index < -0.39 is 6.10 Å². The van der Waals surface area contributed by atoms with E-state index in [0.29, 0.717) is 11.3 Å². The maximum atomic E-state index is 13.6. The summed E-state index contributed by atoms with van der Waals surface area (Å²) in [6.07, 6.45) is 3.03. The van der Waals surface area contributed by atoms with Gasteiger partial charge >= 0.3 is 0 Å². The molecule has 1 spiro atoms. The van der Waals surface area contributed by atoms with Crippen LogP contribution in [0.15, 0.2) is 54.7 Å². The summed E-state index contributed by atoms with van der Waals surface area (Å²) in [6.45, 7) is 1.79. The van der Waals surface area contributed by atoms with Crippen molar-refractivity contribution in [3.8, 4) is 11.3 Å². The summed E-state index contributed by atoms with van der Waals surface area (Å²) >= 11 is 0. The fourth-order valence-corrected chi connectivity index (χ4v) is 4.76. The van der Waals surface area contributed by atoms with Crippen LogP contribution in [0.5, 0.6) is 0 Å². The van der Waals surface area contributed by atoms with E-state index in [-0.39, 0.29) is 29.7 Å². The normalized spacial score (nSPS) is 22.6. The molecule has 0 amide bonds. The van der Waals surface area contributed by atoms with Gasteiger partial charge in [0, 0.05) is 11.0 Å². The molecule has 5 rings (SSSR count).